The number of esters is 1. The summed E-state index contributed by atoms with van der Waals surface area (Å²) in [5.74, 6) is -0.775. The van der Waals surface area contributed by atoms with Crippen LogP contribution in [0.3, 0.4) is 0 Å². The van der Waals surface area contributed by atoms with Crippen LogP contribution in [0.15, 0.2) is 23.1 Å². The zero-order valence-electron chi connectivity index (χ0n) is 12.1. The first-order valence-electron chi connectivity index (χ1n) is 6.98. The molecule has 22 heavy (non-hydrogen) atoms. The summed E-state index contributed by atoms with van der Waals surface area (Å²) in [4.78, 5) is 11.9. The van der Waals surface area contributed by atoms with Crippen molar-refractivity contribution in [3.8, 4) is 0 Å². The summed E-state index contributed by atoms with van der Waals surface area (Å²) in [6.07, 6.45) is 1.25. The number of hydrogen-bond acceptors (Lipinski definition) is 4. The average molecular weight is 366 g/mol. The lowest BCUT2D eigenvalue weighted by Gasteiger charge is -2.30. The molecule has 0 bridgehead atoms. The lowest BCUT2D eigenvalue weighted by Crippen LogP contribution is -2.42. The number of carbonyl (C=O) groups excluding carboxylic acids is 1. The van der Waals surface area contributed by atoms with Gasteiger partial charge >= 0.3 is 5.97 Å². The largest absolute Gasteiger partial charge is 0.466 e. The van der Waals surface area contributed by atoms with Crippen molar-refractivity contribution in [3.05, 3.63) is 28.2 Å². The van der Waals surface area contributed by atoms with Crippen molar-refractivity contribution in [2.75, 3.05) is 19.7 Å². The molecule has 0 saturated carbocycles. The minimum atomic E-state index is -3.70. The molecule has 0 amide bonds. The summed E-state index contributed by atoms with van der Waals surface area (Å²) < 4.78 is 31.6. The fourth-order valence-electron chi connectivity index (χ4n) is 2.40. The Labute approximate surface area is 140 Å². The number of ether oxygens (including phenoxy) is 1. The molecule has 1 fully saturated rings. The Bertz CT molecular complexity index is 663. The third kappa shape index (κ3) is 3.74. The van der Waals surface area contributed by atoms with Gasteiger partial charge in [-0.25, -0.2) is 8.42 Å². The SMILES string of the molecule is CCOC(=O)C1CCCN(S(=O)(=O)c2ccc(Cl)c(Cl)c2)C1. The first kappa shape index (κ1) is 17.5. The van der Waals surface area contributed by atoms with Gasteiger partial charge in [-0.15, -0.1) is 0 Å². The summed E-state index contributed by atoms with van der Waals surface area (Å²) in [6, 6.07) is 4.19. The summed E-state index contributed by atoms with van der Waals surface area (Å²) in [6.45, 7) is 2.51. The van der Waals surface area contributed by atoms with E-state index in [1.807, 2.05) is 0 Å². The molecule has 1 heterocycles. The van der Waals surface area contributed by atoms with Crippen molar-refractivity contribution >= 4 is 39.2 Å². The number of hydrogen-bond donors (Lipinski definition) is 0. The van der Waals surface area contributed by atoms with Crippen LogP contribution in [0.1, 0.15) is 19.8 Å². The van der Waals surface area contributed by atoms with E-state index in [0.717, 1.165) is 0 Å². The molecule has 0 N–H and O–H groups in total. The van der Waals surface area contributed by atoms with Crippen LogP contribution in [0.5, 0.6) is 0 Å². The fourth-order valence-corrected chi connectivity index (χ4v) is 4.31. The van der Waals surface area contributed by atoms with E-state index in [1.165, 1.54) is 22.5 Å². The number of rotatable bonds is 4. The molecule has 1 aliphatic rings. The molecular formula is C14H17Cl2NO4S. The third-order valence-corrected chi connectivity index (χ3v) is 6.13. The maximum Gasteiger partial charge on any atom is 0.310 e. The van der Waals surface area contributed by atoms with Gasteiger partial charge in [0.25, 0.3) is 0 Å². The van der Waals surface area contributed by atoms with Gasteiger partial charge in [0.1, 0.15) is 0 Å². The van der Waals surface area contributed by atoms with E-state index in [1.54, 1.807) is 6.92 Å². The number of halogens is 2. The predicted molar refractivity (Wildman–Crippen MR) is 84.6 cm³/mol. The van der Waals surface area contributed by atoms with E-state index < -0.39 is 15.9 Å². The van der Waals surface area contributed by atoms with Crippen LogP contribution in [0.25, 0.3) is 0 Å². The highest BCUT2D eigenvalue weighted by Crippen LogP contribution is 2.29. The van der Waals surface area contributed by atoms with Gasteiger partial charge in [-0.2, -0.15) is 4.31 Å². The molecule has 1 aromatic rings. The number of sulfonamides is 1. The number of piperidine rings is 1. The molecule has 2 rings (SSSR count). The zero-order valence-corrected chi connectivity index (χ0v) is 14.4. The van der Waals surface area contributed by atoms with E-state index in [9.17, 15) is 13.2 Å². The van der Waals surface area contributed by atoms with Crippen LogP contribution in [-0.2, 0) is 19.6 Å². The summed E-state index contributed by atoms with van der Waals surface area (Å²) in [7, 11) is -3.70. The quantitative estimate of drug-likeness (QED) is 0.769. The maximum absolute atomic E-state index is 12.6. The second-order valence-electron chi connectivity index (χ2n) is 5.03. The van der Waals surface area contributed by atoms with Gasteiger partial charge in [-0.1, -0.05) is 23.2 Å². The van der Waals surface area contributed by atoms with E-state index in [0.29, 0.717) is 24.4 Å². The van der Waals surface area contributed by atoms with Gasteiger partial charge in [0, 0.05) is 13.1 Å². The number of nitrogens with zero attached hydrogens (tertiary/aromatic N) is 1. The van der Waals surface area contributed by atoms with Gasteiger partial charge < -0.3 is 4.74 Å². The minimum Gasteiger partial charge on any atom is -0.466 e. The Morgan fingerprint density at radius 3 is 2.73 bits per heavy atom. The number of carbonyl (C=O) groups is 1. The van der Waals surface area contributed by atoms with Crippen molar-refractivity contribution in [1.82, 2.24) is 4.31 Å². The lowest BCUT2D eigenvalue weighted by atomic mass is 10.0. The molecular weight excluding hydrogens is 349 g/mol. The van der Waals surface area contributed by atoms with Crippen molar-refractivity contribution in [2.24, 2.45) is 5.92 Å². The van der Waals surface area contributed by atoms with Gasteiger partial charge in [-0.3, -0.25) is 4.79 Å². The molecule has 1 unspecified atom stereocenters. The highest BCUT2D eigenvalue weighted by Gasteiger charge is 2.34. The molecule has 8 heteroatoms. The second kappa shape index (κ2) is 7.17. The first-order valence-corrected chi connectivity index (χ1v) is 9.17. The number of benzene rings is 1. The summed E-state index contributed by atoms with van der Waals surface area (Å²) >= 11 is 11.7. The molecule has 1 saturated heterocycles. The second-order valence-corrected chi connectivity index (χ2v) is 7.78. The third-order valence-electron chi connectivity index (χ3n) is 3.53. The molecule has 122 valence electrons. The molecule has 0 spiro atoms. The van der Waals surface area contributed by atoms with E-state index in [2.05, 4.69) is 0 Å². The van der Waals surface area contributed by atoms with Gasteiger partial charge in [0.2, 0.25) is 10.0 Å². The summed E-state index contributed by atoms with van der Waals surface area (Å²) in [5.41, 5.74) is 0. The Hall–Kier alpha value is -0.820. The monoisotopic (exact) mass is 365 g/mol. The molecule has 0 aromatic heterocycles. The van der Waals surface area contributed by atoms with Crippen LogP contribution >= 0.6 is 23.2 Å². The minimum absolute atomic E-state index is 0.0754. The lowest BCUT2D eigenvalue weighted by molar-refractivity contribution is -0.149. The highest BCUT2D eigenvalue weighted by atomic mass is 35.5. The van der Waals surface area contributed by atoms with Crippen LogP contribution in [0.4, 0.5) is 0 Å². The van der Waals surface area contributed by atoms with Crippen molar-refractivity contribution in [3.63, 3.8) is 0 Å². The Kier molecular flexibility index (Phi) is 5.71. The van der Waals surface area contributed by atoms with Crippen LogP contribution in [0.2, 0.25) is 10.0 Å². The molecule has 1 aliphatic heterocycles. The van der Waals surface area contributed by atoms with Crippen LogP contribution in [0, 0.1) is 5.92 Å². The predicted octanol–water partition coefficient (Wildman–Crippen LogP) is 2.96. The Balaban J connectivity index is 2.21. The van der Waals surface area contributed by atoms with Crippen molar-refractivity contribution in [2.45, 2.75) is 24.7 Å². The van der Waals surface area contributed by atoms with E-state index in [4.69, 9.17) is 27.9 Å². The van der Waals surface area contributed by atoms with Crippen molar-refractivity contribution < 1.29 is 17.9 Å². The van der Waals surface area contributed by atoms with Crippen molar-refractivity contribution in [1.29, 1.82) is 0 Å². The van der Waals surface area contributed by atoms with E-state index in [-0.39, 0.29) is 29.0 Å². The average Bonchev–Trinajstić information content (AvgIpc) is 2.50. The molecule has 0 radical (unpaired) electrons. The first-order chi connectivity index (χ1) is 10.4. The van der Waals surface area contributed by atoms with E-state index >= 15 is 0 Å². The van der Waals surface area contributed by atoms with Crippen LogP contribution in [-0.4, -0.2) is 38.4 Å². The summed E-state index contributed by atoms with van der Waals surface area (Å²) in [5, 5.41) is 0.477. The molecule has 1 aromatic carbocycles. The molecule has 5 nitrogen and oxygen atoms in total. The van der Waals surface area contributed by atoms with Gasteiger partial charge in [-0.05, 0) is 38.0 Å². The zero-order chi connectivity index (χ0) is 16.3. The normalized spacial score (nSPS) is 19.9. The maximum atomic E-state index is 12.6. The molecule has 1 atom stereocenters. The van der Waals surface area contributed by atoms with Crippen LogP contribution < -0.4 is 0 Å². The highest BCUT2D eigenvalue weighted by molar-refractivity contribution is 7.89. The topological polar surface area (TPSA) is 63.7 Å². The standard InChI is InChI=1S/C14H17Cl2NO4S/c1-2-21-14(18)10-4-3-7-17(9-10)22(19,20)11-5-6-12(15)13(16)8-11/h5-6,8,10H,2-4,7,9H2,1H3. The Morgan fingerprint density at radius 2 is 2.09 bits per heavy atom. The molecule has 0 aliphatic carbocycles. The fraction of sp³-hybridized carbons (Fsp3) is 0.500. The Morgan fingerprint density at radius 1 is 1.36 bits per heavy atom. The van der Waals surface area contributed by atoms with Gasteiger partial charge in [0.15, 0.2) is 0 Å². The smallest absolute Gasteiger partial charge is 0.310 e. The van der Waals surface area contributed by atoms with Gasteiger partial charge in [0.05, 0.1) is 27.5 Å².